The lowest BCUT2D eigenvalue weighted by Gasteiger charge is -2.27. The van der Waals surface area contributed by atoms with Gasteiger partial charge in [0.1, 0.15) is 18.8 Å². The first-order valence-electron chi connectivity index (χ1n) is 7.62. The van der Waals surface area contributed by atoms with E-state index in [1.807, 2.05) is 55.5 Å². The largest absolute Gasteiger partial charge is 0.486 e. The molecule has 0 saturated carbocycles. The van der Waals surface area contributed by atoms with Gasteiger partial charge in [-0.2, -0.15) is 0 Å². The van der Waals surface area contributed by atoms with Gasteiger partial charge in [-0.15, -0.1) is 0 Å². The third-order valence-corrected chi connectivity index (χ3v) is 3.79. The van der Waals surface area contributed by atoms with E-state index in [-0.39, 0.29) is 12.0 Å². The van der Waals surface area contributed by atoms with Crippen molar-refractivity contribution in [1.82, 2.24) is 5.32 Å². The van der Waals surface area contributed by atoms with Crippen molar-refractivity contribution >= 4 is 5.91 Å². The predicted molar refractivity (Wildman–Crippen MR) is 87.5 cm³/mol. The lowest BCUT2D eigenvalue weighted by molar-refractivity contribution is -0.123. The third-order valence-electron chi connectivity index (χ3n) is 3.79. The van der Waals surface area contributed by atoms with E-state index in [9.17, 15) is 4.79 Å². The Morgan fingerprint density at radius 3 is 2.65 bits per heavy atom. The van der Waals surface area contributed by atoms with E-state index in [4.69, 9.17) is 15.2 Å². The van der Waals surface area contributed by atoms with Gasteiger partial charge in [-0.3, -0.25) is 4.79 Å². The minimum Gasteiger partial charge on any atom is -0.486 e. The van der Waals surface area contributed by atoms with Crippen LogP contribution in [0.3, 0.4) is 0 Å². The topological polar surface area (TPSA) is 73.6 Å². The van der Waals surface area contributed by atoms with E-state index in [2.05, 4.69) is 5.32 Å². The molecule has 0 aliphatic carbocycles. The summed E-state index contributed by atoms with van der Waals surface area (Å²) in [7, 11) is 0. The summed E-state index contributed by atoms with van der Waals surface area (Å²) in [5.74, 6) is 1.20. The monoisotopic (exact) mass is 312 g/mol. The molecule has 1 amide bonds. The highest BCUT2D eigenvalue weighted by Crippen LogP contribution is 2.30. The zero-order valence-electron chi connectivity index (χ0n) is 13.0. The van der Waals surface area contributed by atoms with Gasteiger partial charge in [0, 0.05) is 0 Å². The molecule has 1 aliphatic rings. The van der Waals surface area contributed by atoms with Crippen LogP contribution in [0.25, 0.3) is 0 Å². The zero-order valence-corrected chi connectivity index (χ0v) is 13.0. The number of para-hydroxylation sites is 2. The van der Waals surface area contributed by atoms with Crippen LogP contribution >= 0.6 is 0 Å². The molecule has 2 atom stereocenters. The fourth-order valence-electron chi connectivity index (χ4n) is 2.41. The molecular formula is C18H20N2O3. The Morgan fingerprint density at radius 2 is 1.91 bits per heavy atom. The fraction of sp³-hybridized carbons (Fsp3) is 0.278. The van der Waals surface area contributed by atoms with Crippen LogP contribution in [0.4, 0.5) is 0 Å². The Morgan fingerprint density at radius 1 is 1.22 bits per heavy atom. The maximum absolute atomic E-state index is 12.2. The molecule has 1 heterocycles. The molecule has 0 spiro atoms. The maximum Gasteiger partial charge on any atom is 0.241 e. The van der Waals surface area contributed by atoms with Crippen LogP contribution in [0.5, 0.6) is 11.5 Å². The minimum atomic E-state index is -0.688. The molecule has 3 N–H and O–H groups in total. The van der Waals surface area contributed by atoms with Crippen molar-refractivity contribution in [3.63, 3.8) is 0 Å². The Hall–Kier alpha value is -2.53. The van der Waals surface area contributed by atoms with Gasteiger partial charge in [0.2, 0.25) is 5.91 Å². The van der Waals surface area contributed by atoms with Crippen LogP contribution in [-0.4, -0.2) is 25.2 Å². The van der Waals surface area contributed by atoms with Crippen molar-refractivity contribution in [1.29, 1.82) is 0 Å². The summed E-state index contributed by atoms with van der Waals surface area (Å²) in [5.41, 5.74) is 7.92. The number of carbonyl (C=O) groups excluding carboxylic acids is 1. The second-order valence-corrected chi connectivity index (χ2v) is 5.63. The summed E-state index contributed by atoms with van der Waals surface area (Å²) >= 11 is 0. The van der Waals surface area contributed by atoms with Crippen LogP contribution in [-0.2, 0) is 4.79 Å². The summed E-state index contributed by atoms with van der Waals surface area (Å²) < 4.78 is 11.4. The molecule has 0 saturated heterocycles. The molecule has 1 aliphatic heterocycles. The number of hydrogen-bond acceptors (Lipinski definition) is 4. The Bertz CT molecular complexity index is 685. The number of benzene rings is 2. The SMILES string of the molecule is Cc1ccc(C(N)C(=O)NCC2COc3ccccc3O2)cc1. The predicted octanol–water partition coefficient (Wildman–Crippen LogP) is 1.95. The molecule has 3 rings (SSSR count). The Kier molecular flexibility index (Phi) is 4.48. The molecule has 0 bridgehead atoms. The number of carbonyl (C=O) groups is 1. The van der Waals surface area contributed by atoms with Gasteiger partial charge in [-0.25, -0.2) is 0 Å². The normalized spacial score (nSPS) is 17.4. The van der Waals surface area contributed by atoms with Crippen molar-refractivity contribution in [3.05, 3.63) is 59.7 Å². The molecule has 2 unspecified atom stereocenters. The van der Waals surface area contributed by atoms with E-state index in [0.717, 1.165) is 16.9 Å². The number of aryl methyl sites for hydroxylation is 1. The van der Waals surface area contributed by atoms with Crippen LogP contribution in [0.1, 0.15) is 17.2 Å². The first-order valence-corrected chi connectivity index (χ1v) is 7.62. The van der Waals surface area contributed by atoms with Gasteiger partial charge < -0.3 is 20.5 Å². The second-order valence-electron chi connectivity index (χ2n) is 5.63. The number of rotatable bonds is 4. The fourth-order valence-corrected chi connectivity index (χ4v) is 2.41. The third kappa shape index (κ3) is 3.63. The molecule has 23 heavy (non-hydrogen) atoms. The van der Waals surface area contributed by atoms with E-state index in [0.29, 0.717) is 18.9 Å². The lowest BCUT2D eigenvalue weighted by Crippen LogP contribution is -2.43. The summed E-state index contributed by atoms with van der Waals surface area (Å²) in [6.45, 7) is 2.75. The van der Waals surface area contributed by atoms with Crippen LogP contribution in [0, 0.1) is 6.92 Å². The van der Waals surface area contributed by atoms with E-state index >= 15 is 0 Å². The van der Waals surface area contributed by atoms with E-state index in [1.54, 1.807) is 0 Å². The highest BCUT2D eigenvalue weighted by Gasteiger charge is 2.22. The number of amides is 1. The molecule has 2 aromatic carbocycles. The van der Waals surface area contributed by atoms with E-state index in [1.165, 1.54) is 0 Å². The average molecular weight is 312 g/mol. The summed E-state index contributed by atoms with van der Waals surface area (Å²) in [5, 5.41) is 2.83. The van der Waals surface area contributed by atoms with Gasteiger partial charge in [-0.05, 0) is 24.6 Å². The smallest absolute Gasteiger partial charge is 0.241 e. The molecule has 2 aromatic rings. The molecule has 0 fully saturated rings. The average Bonchev–Trinajstić information content (AvgIpc) is 2.59. The molecule has 120 valence electrons. The Labute approximate surface area is 135 Å². The van der Waals surface area contributed by atoms with E-state index < -0.39 is 6.04 Å². The Balaban J connectivity index is 1.54. The second kappa shape index (κ2) is 6.71. The first-order chi connectivity index (χ1) is 11.1. The quantitative estimate of drug-likeness (QED) is 0.905. The standard InChI is InChI=1S/C18H20N2O3/c1-12-6-8-13(9-7-12)17(19)18(21)20-10-14-11-22-15-4-2-3-5-16(15)23-14/h2-9,14,17H,10-11,19H2,1H3,(H,20,21). The molecule has 0 radical (unpaired) electrons. The van der Waals surface area contributed by atoms with Gasteiger partial charge >= 0.3 is 0 Å². The zero-order chi connectivity index (χ0) is 16.2. The summed E-state index contributed by atoms with van der Waals surface area (Å²) in [4.78, 5) is 12.2. The van der Waals surface area contributed by atoms with Crippen molar-refractivity contribution in [2.24, 2.45) is 5.73 Å². The highest BCUT2D eigenvalue weighted by atomic mass is 16.6. The van der Waals surface area contributed by atoms with Crippen LogP contribution < -0.4 is 20.5 Å². The number of nitrogens with one attached hydrogen (secondary N) is 1. The van der Waals surface area contributed by atoms with Crippen molar-refractivity contribution in [3.8, 4) is 11.5 Å². The number of nitrogens with two attached hydrogens (primary N) is 1. The van der Waals surface area contributed by atoms with Crippen molar-refractivity contribution in [2.45, 2.75) is 19.1 Å². The van der Waals surface area contributed by atoms with Gasteiger partial charge in [0.05, 0.1) is 6.54 Å². The summed E-state index contributed by atoms with van der Waals surface area (Å²) in [6.07, 6.45) is -0.223. The van der Waals surface area contributed by atoms with Gasteiger partial charge in [0.15, 0.2) is 11.5 Å². The lowest BCUT2D eigenvalue weighted by atomic mass is 10.1. The van der Waals surface area contributed by atoms with Crippen molar-refractivity contribution < 1.29 is 14.3 Å². The molecular weight excluding hydrogens is 292 g/mol. The maximum atomic E-state index is 12.2. The number of ether oxygens (including phenoxy) is 2. The number of hydrogen-bond donors (Lipinski definition) is 2. The van der Waals surface area contributed by atoms with Gasteiger partial charge in [0.25, 0.3) is 0 Å². The molecule has 5 nitrogen and oxygen atoms in total. The highest BCUT2D eigenvalue weighted by molar-refractivity contribution is 5.82. The van der Waals surface area contributed by atoms with Crippen LogP contribution in [0.15, 0.2) is 48.5 Å². The minimum absolute atomic E-state index is 0.223. The number of fused-ring (bicyclic) bond motifs is 1. The van der Waals surface area contributed by atoms with Gasteiger partial charge in [-0.1, -0.05) is 42.0 Å². The molecule has 5 heteroatoms. The first kappa shape index (κ1) is 15.4. The summed E-state index contributed by atoms with van der Waals surface area (Å²) in [6, 6.07) is 14.4. The van der Waals surface area contributed by atoms with Crippen LogP contribution in [0.2, 0.25) is 0 Å². The molecule has 0 aromatic heterocycles. The van der Waals surface area contributed by atoms with Crippen molar-refractivity contribution in [2.75, 3.05) is 13.2 Å².